The summed E-state index contributed by atoms with van der Waals surface area (Å²) in [6.07, 6.45) is -0.290. The molecule has 0 bridgehead atoms. The summed E-state index contributed by atoms with van der Waals surface area (Å²) in [7, 11) is 0. The van der Waals surface area contributed by atoms with Crippen LogP contribution in [0.1, 0.15) is 10.9 Å². The molecular formula is C15H12ClFO2. The summed E-state index contributed by atoms with van der Waals surface area (Å²) in [6.45, 7) is 0.378. The molecule has 0 saturated carbocycles. The second kappa shape index (κ2) is 5.10. The summed E-state index contributed by atoms with van der Waals surface area (Å²) in [6, 6.07) is 13.6. The second-order valence-corrected chi connectivity index (χ2v) is 4.84. The molecule has 1 aliphatic heterocycles. The van der Waals surface area contributed by atoms with Crippen molar-refractivity contribution in [2.45, 2.75) is 11.5 Å². The molecule has 2 unspecified atom stereocenters. The van der Waals surface area contributed by atoms with Crippen LogP contribution >= 0.6 is 11.6 Å². The molecule has 19 heavy (non-hydrogen) atoms. The normalized spacial score (nSPS) is 18.9. The minimum Gasteiger partial charge on any atom is -0.486 e. The summed E-state index contributed by atoms with van der Waals surface area (Å²) in [5.41, 5.74) is 0.816. The van der Waals surface area contributed by atoms with Crippen molar-refractivity contribution in [1.29, 1.82) is 0 Å². The van der Waals surface area contributed by atoms with E-state index >= 15 is 0 Å². The number of hydrogen-bond donors (Lipinski definition) is 0. The Balaban J connectivity index is 1.79. The lowest BCUT2D eigenvalue weighted by Gasteiger charge is -2.29. The van der Waals surface area contributed by atoms with Gasteiger partial charge in [-0.3, -0.25) is 0 Å². The molecule has 0 aromatic heterocycles. The van der Waals surface area contributed by atoms with Crippen LogP contribution in [0, 0.1) is 5.82 Å². The molecule has 2 aromatic rings. The maximum atomic E-state index is 12.9. The first-order valence-corrected chi connectivity index (χ1v) is 6.46. The molecule has 1 aliphatic rings. The quantitative estimate of drug-likeness (QED) is 0.775. The zero-order valence-electron chi connectivity index (χ0n) is 10.1. The summed E-state index contributed by atoms with van der Waals surface area (Å²) in [4.78, 5) is 0. The van der Waals surface area contributed by atoms with Gasteiger partial charge in [-0.05, 0) is 29.8 Å². The fourth-order valence-corrected chi connectivity index (χ4v) is 2.31. The molecule has 0 fully saturated rings. The van der Waals surface area contributed by atoms with Gasteiger partial charge in [-0.1, -0.05) is 24.3 Å². The van der Waals surface area contributed by atoms with E-state index in [2.05, 4.69) is 0 Å². The SMILES string of the molecule is Fc1ccc(C(Cl)C2COc3ccccc3O2)cc1. The fraction of sp³-hybridized carbons (Fsp3) is 0.200. The number of hydrogen-bond acceptors (Lipinski definition) is 2. The molecule has 4 heteroatoms. The number of alkyl halides is 1. The van der Waals surface area contributed by atoms with Crippen molar-refractivity contribution in [3.05, 3.63) is 59.9 Å². The Morgan fingerprint density at radius 3 is 2.47 bits per heavy atom. The molecule has 0 radical (unpaired) electrons. The minimum absolute atomic E-state index is 0.279. The standard InChI is InChI=1S/C15H12ClFO2/c16-15(10-5-7-11(17)8-6-10)14-9-18-12-3-1-2-4-13(12)19-14/h1-8,14-15H,9H2. The van der Waals surface area contributed by atoms with Crippen LogP contribution in [0.15, 0.2) is 48.5 Å². The van der Waals surface area contributed by atoms with Gasteiger partial charge in [-0.15, -0.1) is 11.6 Å². The van der Waals surface area contributed by atoms with Crippen LogP contribution in [-0.4, -0.2) is 12.7 Å². The van der Waals surface area contributed by atoms with Crippen LogP contribution in [0.2, 0.25) is 0 Å². The van der Waals surface area contributed by atoms with Crippen molar-refractivity contribution in [2.24, 2.45) is 0 Å². The lowest BCUT2D eigenvalue weighted by molar-refractivity contribution is 0.0877. The molecule has 98 valence electrons. The molecule has 0 aliphatic carbocycles. The van der Waals surface area contributed by atoms with Crippen molar-refractivity contribution in [2.75, 3.05) is 6.61 Å². The lowest BCUT2D eigenvalue weighted by atomic mass is 10.1. The molecule has 0 saturated heterocycles. The van der Waals surface area contributed by atoms with Gasteiger partial charge in [0.25, 0.3) is 0 Å². The predicted octanol–water partition coefficient (Wildman–Crippen LogP) is 3.95. The molecule has 3 rings (SSSR count). The number of halogens is 2. The average Bonchev–Trinajstić information content (AvgIpc) is 2.47. The van der Waals surface area contributed by atoms with E-state index in [1.54, 1.807) is 12.1 Å². The first-order valence-electron chi connectivity index (χ1n) is 6.02. The van der Waals surface area contributed by atoms with Crippen LogP contribution < -0.4 is 9.47 Å². The molecule has 0 spiro atoms. The molecule has 2 nitrogen and oxygen atoms in total. The summed E-state index contributed by atoms with van der Waals surface area (Å²) >= 11 is 6.38. The van der Waals surface area contributed by atoms with E-state index in [1.165, 1.54) is 12.1 Å². The first kappa shape index (κ1) is 12.3. The molecule has 0 amide bonds. The van der Waals surface area contributed by atoms with Gasteiger partial charge in [-0.25, -0.2) is 4.39 Å². The van der Waals surface area contributed by atoms with Gasteiger partial charge in [-0.2, -0.15) is 0 Å². The summed E-state index contributed by atoms with van der Waals surface area (Å²) in [5.74, 6) is 1.13. The van der Waals surface area contributed by atoms with Gasteiger partial charge in [0.05, 0.1) is 5.38 Å². The van der Waals surface area contributed by atoms with E-state index < -0.39 is 0 Å². The molecule has 2 atom stereocenters. The van der Waals surface area contributed by atoms with Gasteiger partial charge in [0.2, 0.25) is 0 Å². The third-order valence-corrected chi connectivity index (χ3v) is 3.58. The average molecular weight is 279 g/mol. The number of fused-ring (bicyclic) bond motifs is 1. The Hall–Kier alpha value is -1.74. The van der Waals surface area contributed by atoms with Crippen LogP contribution in [0.25, 0.3) is 0 Å². The summed E-state index contributed by atoms with van der Waals surface area (Å²) in [5, 5.41) is -0.381. The Bertz CT molecular complexity index is 571. The van der Waals surface area contributed by atoms with Crippen molar-refractivity contribution < 1.29 is 13.9 Å². The third kappa shape index (κ3) is 2.51. The van der Waals surface area contributed by atoms with Crippen LogP contribution in [-0.2, 0) is 0 Å². The monoisotopic (exact) mass is 278 g/mol. The molecule has 0 N–H and O–H groups in total. The van der Waals surface area contributed by atoms with E-state index in [-0.39, 0.29) is 17.3 Å². The molecular weight excluding hydrogens is 267 g/mol. The lowest BCUT2D eigenvalue weighted by Crippen LogP contribution is -2.32. The fourth-order valence-electron chi connectivity index (χ4n) is 2.04. The van der Waals surface area contributed by atoms with E-state index in [0.29, 0.717) is 12.4 Å². The summed E-state index contributed by atoms with van der Waals surface area (Å²) < 4.78 is 24.3. The number of rotatable bonds is 2. The van der Waals surface area contributed by atoms with E-state index in [0.717, 1.165) is 11.3 Å². The molecule has 2 aromatic carbocycles. The Kier molecular flexibility index (Phi) is 3.30. The van der Waals surface area contributed by atoms with E-state index in [4.69, 9.17) is 21.1 Å². The third-order valence-electron chi connectivity index (χ3n) is 3.05. The van der Waals surface area contributed by atoms with Gasteiger partial charge >= 0.3 is 0 Å². The van der Waals surface area contributed by atoms with Crippen LogP contribution in [0.5, 0.6) is 11.5 Å². The highest BCUT2D eigenvalue weighted by Crippen LogP contribution is 2.36. The number of benzene rings is 2. The number of para-hydroxylation sites is 2. The van der Waals surface area contributed by atoms with Gasteiger partial charge in [0, 0.05) is 0 Å². The topological polar surface area (TPSA) is 18.5 Å². The van der Waals surface area contributed by atoms with Crippen molar-refractivity contribution in [3.8, 4) is 11.5 Å². The highest BCUT2D eigenvalue weighted by atomic mass is 35.5. The Morgan fingerprint density at radius 2 is 1.74 bits per heavy atom. The predicted molar refractivity (Wildman–Crippen MR) is 71.3 cm³/mol. The van der Waals surface area contributed by atoms with E-state index in [1.807, 2.05) is 24.3 Å². The zero-order chi connectivity index (χ0) is 13.2. The highest BCUT2D eigenvalue weighted by Gasteiger charge is 2.28. The van der Waals surface area contributed by atoms with Crippen molar-refractivity contribution in [3.63, 3.8) is 0 Å². The Labute approximate surface area is 115 Å². The second-order valence-electron chi connectivity index (χ2n) is 4.37. The minimum atomic E-state index is -0.381. The smallest absolute Gasteiger partial charge is 0.161 e. The Morgan fingerprint density at radius 1 is 1.05 bits per heavy atom. The molecule has 1 heterocycles. The van der Waals surface area contributed by atoms with Crippen LogP contribution in [0.3, 0.4) is 0 Å². The van der Waals surface area contributed by atoms with Crippen LogP contribution in [0.4, 0.5) is 4.39 Å². The first-order chi connectivity index (χ1) is 9.24. The maximum Gasteiger partial charge on any atom is 0.161 e. The van der Waals surface area contributed by atoms with Crippen molar-refractivity contribution >= 4 is 11.6 Å². The highest BCUT2D eigenvalue weighted by molar-refractivity contribution is 6.21. The van der Waals surface area contributed by atoms with Gasteiger partial charge < -0.3 is 9.47 Å². The van der Waals surface area contributed by atoms with Crippen molar-refractivity contribution in [1.82, 2.24) is 0 Å². The van der Waals surface area contributed by atoms with Gasteiger partial charge in [0.1, 0.15) is 12.4 Å². The number of ether oxygens (including phenoxy) is 2. The zero-order valence-corrected chi connectivity index (χ0v) is 10.8. The maximum absolute atomic E-state index is 12.9. The largest absolute Gasteiger partial charge is 0.486 e. The van der Waals surface area contributed by atoms with Gasteiger partial charge in [0.15, 0.2) is 17.6 Å². The van der Waals surface area contributed by atoms with E-state index in [9.17, 15) is 4.39 Å².